The fraction of sp³-hybridized carbons (Fsp3) is 0.526. The standard InChI is InChI=1S/C19H27N5O2/c25-14-4-9-20-18-7-6-16(15-21-18)19(26)24-12-2-1-5-17(24)8-13-23-11-3-10-22-23/h3,6-7,10-11,15,17,25H,1-2,4-5,8-9,12-14H2,(H,20,21). The molecule has 1 atom stereocenters. The van der Waals surface area contributed by atoms with Gasteiger partial charge in [-0.15, -0.1) is 0 Å². The van der Waals surface area contributed by atoms with Crippen LogP contribution in [0.4, 0.5) is 5.82 Å². The SMILES string of the molecule is O=C(c1ccc(NCCCO)nc1)N1CCCCC1CCn1cccn1. The Balaban J connectivity index is 1.60. The molecular formula is C19H27N5O2. The zero-order valence-electron chi connectivity index (χ0n) is 15.0. The molecule has 2 aromatic rings. The number of nitrogens with one attached hydrogen (secondary N) is 1. The maximum Gasteiger partial charge on any atom is 0.255 e. The summed E-state index contributed by atoms with van der Waals surface area (Å²) in [7, 11) is 0. The van der Waals surface area contributed by atoms with Gasteiger partial charge < -0.3 is 15.3 Å². The van der Waals surface area contributed by atoms with Gasteiger partial charge in [0, 0.05) is 50.9 Å². The molecule has 1 amide bonds. The van der Waals surface area contributed by atoms with Crippen LogP contribution < -0.4 is 5.32 Å². The fourth-order valence-electron chi connectivity index (χ4n) is 3.37. The molecule has 1 saturated heterocycles. The van der Waals surface area contributed by atoms with Crippen LogP contribution in [0, 0.1) is 0 Å². The van der Waals surface area contributed by atoms with Gasteiger partial charge in [0.05, 0.1) is 5.56 Å². The average Bonchev–Trinajstić information content (AvgIpc) is 3.20. The molecule has 0 aliphatic carbocycles. The van der Waals surface area contributed by atoms with Crippen LogP contribution in [0.25, 0.3) is 0 Å². The Morgan fingerprint density at radius 3 is 3.00 bits per heavy atom. The first-order chi connectivity index (χ1) is 12.8. The van der Waals surface area contributed by atoms with E-state index in [1.165, 1.54) is 6.42 Å². The minimum Gasteiger partial charge on any atom is -0.396 e. The number of aliphatic hydroxyl groups excluding tert-OH is 1. The number of anilines is 1. The van der Waals surface area contributed by atoms with E-state index in [1.54, 1.807) is 12.4 Å². The Morgan fingerprint density at radius 1 is 1.35 bits per heavy atom. The van der Waals surface area contributed by atoms with Gasteiger partial charge in [0.2, 0.25) is 0 Å². The largest absolute Gasteiger partial charge is 0.396 e. The number of piperidine rings is 1. The molecule has 1 aliphatic heterocycles. The number of amides is 1. The van der Waals surface area contributed by atoms with E-state index >= 15 is 0 Å². The van der Waals surface area contributed by atoms with Crippen molar-refractivity contribution in [2.45, 2.75) is 44.7 Å². The summed E-state index contributed by atoms with van der Waals surface area (Å²) in [4.78, 5) is 19.3. The highest BCUT2D eigenvalue weighted by Crippen LogP contribution is 2.22. The number of aromatic nitrogens is 3. The van der Waals surface area contributed by atoms with E-state index in [0.29, 0.717) is 18.5 Å². The predicted octanol–water partition coefficient (Wildman–Crippen LogP) is 2.16. The van der Waals surface area contributed by atoms with E-state index in [2.05, 4.69) is 15.4 Å². The quantitative estimate of drug-likeness (QED) is 0.708. The zero-order valence-corrected chi connectivity index (χ0v) is 15.0. The zero-order chi connectivity index (χ0) is 18.2. The number of pyridine rings is 1. The maximum absolute atomic E-state index is 13.0. The molecule has 3 heterocycles. The second-order valence-electron chi connectivity index (χ2n) is 6.64. The fourth-order valence-corrected chi connectivity index (χ4v) is 3.37. The van der Waals surface area contributed by atoms with Crippen molar-refractivity contribution in [3.8, 4) is 0 Å². The van der Waals surface area contributed by atoms with Gasteiger partial charge in [-0.25, -0.2) is 4.98 Å². The third-order valence-corrected chi connectivity index (χ3v) is 4.79. The molecule has 7 nitrogen and oxygen atoms in total. The minimum atomic E-state index is 0.0598. The monoisotopic (exact) mass is 357 g/mol. The van der Waals surface area contributed by atoms with Gasteiger partial charge in [0.1, 0.15) is 5.82 Å². The molecular weight excluding hydrogens is 330 g/mol. The van der Waals surface area contributed by atoms with Crippen LogP contribution in [0.15, 0.2) is 36.8 Å². The van der Waals surface area contributed by atoms with Crippen LogP contribution in [0.3, 0.4) is 0 Å². The Labute approximate surface area is 154 Å². The van der Waals surface area contributed by atoms with Crippen molar-refractivity contribution in [2.75, 3.05) is 25.0 Å². The highest BCUT2D eigenvalue weighted by Gasteiger charge is 2.27. The van der Waals surface area contributed by atoms with Crippen molar-refractivity contribution in [2.24, 2.45) is 0 Å². The topological polar surface area (TPSA) is 83.3 Å². The average molecular weight is 357 g/mol. The molecule has 140 valence electrons. The Bertz CT molecular complexity index is 672. The minimum absolute atomic E-state index is 0.0598. The van der Waals surface area contributed by atoms with Gasteiger partial charge >= 0.3 is 0 Å². The summed E-state index contributed by atoms with van der Waals surface area (Å²) in [6, 6.07) is 5.83. The number of aliphatic hydroxyl groups is 1. The van der Waals surface area contributed by atoms with Crippen molar-refractivity contribution in [3.05, 3.63) is 42.4 Å². The number of hydrogen-bond acceptors (Lipinski definition) is 5. The van der Waals surface area contributed by atoms with Gasteiger partial charge in [-0.2, -0.15) is 5.10 Å². The predicted molar refractivity (Wildman–Crippen MR) is 99.9 cm³/mol. The number of carbonyl (C=O) groups is 1. The lowest BCUT2D eigenvalue weighted by atomic mass is 9.98. The van der Waals surface area contributed by atoms with Crippen molar-refractivity contribution in [1.29, 1.82) is 0 Å². The molecule has 26 heavy (non-hydrogen) atoms. The molecule has 1 aliphatic rings. The summed E-state index contributed by atoms with van der Waals surface area (Å²) in [5.74, 6) is 0.786. The first-order valence-electron chi connectivity index (χ1n) is 9.37. The molecule has 1 unspecified atom stereocenters. The van der Waals surface area contributed by atoms with E-state index < -0.39 is 0 Å². The van der Waals surface area contributed by atoms with Crippen LogP contribution in [0.1, 0.15) is 42.5 Å². The Hall–Kier alpha value is -2.41. The molecule has 0 radical (unpaired) electrons. The van der Waals surface area contributed by atoms with Crippen molar-refractivity contribution < 1.29 is 9.90 Å². The number of nitrogens with zero attached hydrogens (tertiary/aromatic N) is 4. The number of aryl methyl sites for hydroxylation is 1. The lowest BCUT2D eigenvalue weighted by molar-refractivity contribution is 0.0593. The Morgan fingerprint density at radius 2 is 2.27 bits per heavy atom. The van der Waals surface area contributed by atoms with Gasteiger partial charge in [-0.3, -0.25) is 9.48 Å². The van der Waals surface area contributed by atoms with E-state index in [4.69, 9.17) is 5.11 Å². The highest BCUT2D eigenvalue weighted by molar-refractivity contribution is 5.94. The number of likely N-dealkylation sites (tertiary alicyclic amines) is 1. The number of hydrogen-bond donors (Lipinski definition) is 2. The molecule has 2 N–H and O–H groups in total. The molecule has 0 aromatic carbocycles. The van der Waals surface area contributed by atoms with E-state index in [1.807, 2.05) is 34.0 Å². The summed E-state index contributed by atoms with van der Waals surface area (Å²) >= 11 is 0. The summed E-state index contributed by atoms with van der Waals surface area (Å²) in [5.41, 5.74) is 0.628. The molecule has 2 aromatic heterocycles. The van der Waals surface area contributed by atoms with E-state index in [9.17, 15) is 4.79 Å². The molecule has 0 bridgehead atoms. The highest BCUT2D eigenvalue weighted by atomic mass is 16.3. The smallest absolute Gasteiger partial charge is 0.255 e. The van der Waals surface area contributed by atoms with Crippen LogP contribution in [0.2, 0.25) is 0 Å². The Kier molecular flexibility index (Phi) is 6.60. The number of rotatable bonds is 8. The van der Waals surface area contributed by atoms with Crippen LogP contribution >= 0.6 is 0 Å². The second-order valence-corrected chi connectivity index (χ2v) is 6.64. The van der Waals surface area contributed by atoms with Crippen LogP contribution in [-0.2, 0) is 6.54 Å². The lowest BCUT2D eigenvalue weighted by Crippen LogP contribution is -2.44. The summed E-state index contributed by atoms with van der Waals surface area (Å²) in [6.07, 6.45) is 10.2. The van der Waals surface area contributed by atoms with Gasteiger partial charge in [0.15, 0.2) is 0 Å². The summed E-state index contributed by atoms with van der Waals surface area (Å²) in [5, 5.41) is 16.2. The molecule has 1 fully saturated rings. The van der Waals surface area contributed by atoms with Gasteiger partial charge in [-0.05, 0) is 50.3 Å². The van der Waals surface area contributed by atoms with E-state index in [-0.39, 0.29) is 18.6 Å². The van der Waals surface area contributed by atoms with Crippen molar-refractivity contribution in [3.63, 3.8) is 0 Å². The van der Waals surface area contributed by atoms with Gasteiger partial charge in [-0.1, -0.05) is 0 Å². The lowest BCUT2D eigenvalue weighted by Gasteiger charge is -2.36. The van der Waals surface area contributed by atoms with Crippen LogP contribution in [0.5, 0.6) is 0 Å². The number of carbonyl (C=O) groups excluding carboxylic acids is 1. The van der Waals surface area contributed by atoms with E-state index in [0.717, 1.165) is 38.2 Å². The molecule has 0 spiro atoms. The normalized spacial score (nSPS) is 17.3. The third kappa shape index (κ3) is 4.82. The molecule has 3 rings (SSSR count). The van der Waals surface area contributed by atoms with Crippen molar-refractivity contribution in [1.82, 2.24) is 19.7 Å². The maximum atomic E-state index is 13.0. The first-order valence-corrected chi connectivity index (χ1v) is 9.37. The molecule has 7 heteroatoms. The summed E-state index contributed by atoms with van der Waals surface area (Å²) < 4.78 is 1.92. The summed E-state index contributed by atoms with van der Waals surface area (Å²) in [6.45, 7) is 2.45. The molecule has 0 saturated carbocycles. The third-order valence-electron chi connectivity index (χ3n) is 4.79. The van der Waals surface area contributed by atoms with Crippen LogP contribution in [-0.4, -0.2) is 56.4 Å². The van der Waals surface area contributed by atoms with Gasteiger partial charge in [0.25, 0.3) is 5.91 Å². The van der Waals surface area contributed by atoms with Crippen molar-refractivity contribution >= 4 is 11.7 Å². The second kappa shape index (κ2) is 9.33. The first kappa shape index (κ1) is 18.4.